The van der Waals surface area contributed by atoms with E-state index in [1.165, 1.54) is 18.5 Å². The minimum absolute atomic E-state index is 0.194. The van der Waals surface area contributed by atoms with Crippen molar-refractivity contribution in [3.8, 4) is 0 Å². The fraction of sp³-hybridized carbons (Fsp3) is 0.429. The number of hydrogen-bond acceptors (Lipinski definition) is 4. The van der Waals surface area contributed by atoms with Gasteiger partial charge in [-0.1, -0.05) is 6.92 Å². The van der Waals surface area contributed by atoms with Crippen molar-refractivity contribution < 1.29 is 4.79 Å². The Morgan fingerprint density at radius 3 is 2.31 bits per heavy atom. The highest BCUT2D eigenvalue weighted by atomic mass is 16.1. The molecular formula is C21H28N4O. The topological polar surface area (TPSA) is 57.3 Å². The van der Waals surface area contributed by atoms with Gasteiger partial charge in [-0.2, -0.15) is 0 Å². The largest absolute Gasteiger partial charge is 0.382 e. The summed E-state index contributed by atoms with van der Waals surface area (Å²) in [6, 6.07) is 12.0. The third-order valence-corrected chi connectivity index (χ3v) is 4.73. The molecule has 138 valence electrons. The average Bonchev–Trinajstić information content (AvgIpc) is 2.63. The monoisotopic (exact) mass is 352 g/mol. The molecule has 1 aliphatic heterocycles. The molecule has 1 aromatic carbocycles. The molecule has 2 N–H and O–H groups in total. The van der Waals surface area contributed by atoms with Gasteiger partial charge in [-0.3, -0.25) is 4.79 Å². The molecule has 0 spiro atoms. The van der Waals surface area contributed by atoms with Gasteiger partial charge in [0.05, 0.1) is 11.9 Å². The van der Waals surface area contributed by atoms with Gasteiger partial charge in [0.1, 0.15) is 5.69 Å². The smallest absolute Gasteiger partial charge is 0.274 e. The summed E-state index contributed by atoms with van der Waals surface area (Å²) in [5, 5.41) is 6.18. The van der Waals surface area contributed by atoms with E-state index in [0.717, 1.165) is 30.4 Å². The van der Waals surface area contributed by atoms with E-state index in [1.54, 1.807) is 12.3 Å². The van der Waals surface area contributed by atoms with E-state index in [9.17, 15) is 4.79 Å². The fourth-order valence-corrected chi connectivity index (χ4v) is 3.16. The number of nitrogens with zero attached hydrogens (tertiary/aromatic N) is 2. The molecule has 1 aromatic heterocycles. The van der Waals surface area contributed by atoms with Gasteiger partial charge in [0.15, 0.2) is 0 Å². The first kappa shape index (κ1) is 18.2. The van der Waals surface area contributed by atoms with E-state index < -0.39 is 0 Å². The highest BCUT2D eigenvalue weighted by Crippen LogP contribution is 2.24. The van der Waals surface area contributed by atoms with E-state index >= 15 is 0 Å². The van der Waals surface area contributed by atoms with E-state index in [2.05, 4.69) is 53.4 Å². The Morgan fingerprint density at radius 1 is 1.08 bits per heavy atom. The van der Waals surface area contributed by atoms with Gasteiger partial charge in [-0.05, 0) is 69.0 Å². The molecule has 0 aliphatic carbocycles. The molecule has 0 unspecified atom stereocenters. The Bertz CT molecular complexity index is 717. The molecule has 5 nitrogen and oxygen atoms in total. The zero-order valence-corrected chi connectivity index (χ0v) is 15.8. The molecule has 0 atom stereocenters. The summed E-state index contributed by atoms with van der Waals surface area (Å²) < 4.78 is 0. The van der Waals surface area contributed by atoms with Gasteiger partial charge in [0.25, 0.3) is 5.91 Å². The minimum atomic E-state index is -0.194. The zero-order chi connectivity index (χ0) is 18.5. The Hall–Kier alpha value is -2.56. The second-order valence-corrected chi connectivity index (χ2v) is 7.40. The summed E-state index contributed by atoms with van der Waals surface area (Å²) in [6.45, 7) is 8.65. The minimum Gasteiger partial charge on any atom is -0.382 e. The highest BCUT2D eigenvalue weighted by molar-refractivity contribution is 6.03. The molecule has 1 fully saturated rings. The van der Waals surface area contributed by atoms with Crippen molar-refractivity contribution in [3.63, 3.8) is 0 Å². The number of piperidine rings is 1. The van der Waals surface area contributed by atoms with Crippen LogP contribution in [0.25, 0.3) is 0 Å². The SMILES string of the molecule is CC1CCN(c2ccc(NC(=O)c3ccc(NC(C)C)cn3)cc2)CC1. The van der Waals surface area contributed by atoms with Crippen molar-refractivity contribution >= 4 is 23.0 Å². The fourth-order valence-electron chi connectivity index (χ4n) is 3.16. The number of rotatable bonds is 5. The molecule has 26 heavy (non-hydrogen) atoms. The van der Waals surface area contributed by atoms with E-state index in [1.807, 2.05) is 18.2 Å². The third-order valence-electron chi connectivity index (χ3n) is 4.73. The van der Waals surface area contributed by atoms with Crippen LogP contribution in [0.1, 0.15) is 44.1 Å². The van der Waals surface area contributed by atoms with Gasteiger partial charge < -0.3 is 15.5 Å². The van der Waals surface area contributed by atoms with Crippen LogP contribution < -0.4 is 15.5 Å². The van der Waals surface area contributed by atoms with Crippen LogP contribution in [0, 0.1) is 5.92 Å². The van der Waals surface area contributed by atoms with Crippen LogP contribution in [0.3, 0.4) is 0 Å². The van der Waals surface area contributed by atoms with Crippen molar-refractivity contribution in [2.75, 3.05) is 28.6 Å². The lowest BCUT2D eigenvalue weighted by Crippen LogP contribution is -2.32. The normalized spacial score (nSPS) is 15.2. The van der Waals surface area contributed by atoms with Crippen molar-refractivity contribution in [3.05, 3.63) is 48.3 Å². The summed E-state index contributed by atoms with van der Waals surface area (Å²) >= 11 is 0. The lowest BCUT2D eigenvalue weighted by atomic mass is 9.99. The molecular weight excluding hydrogens is 324 g/mol. The number of pyridine rings is 1. The van der Waals surface area contributed by atoms with Crippen LogP contribution in [0.15, 0.2) is 42.6 Å². The van der Waals surface area contributed by atoms with Crippen LogP contribution in [-0.2, 0) is 0 Å². The predicted octanol–water partition coefficient (Wildman–Crippen LogP) is 4.39. The Balaban J connectivity index is 1.59. The van der Waals surface area contributed by atoms with Crippen molar-refractivity contribution in [1.29, 1.82) is 0 Å². The van der Waals surface area contributed by atoms with Gasteiger partial charge >= 0.3 is 0 Å². The highest BCUT2D eigenvalue weighted by Gasteiger charge is 2.16. The first-order valence-electron chi connectivity index (χ1n) is 9.40. The van der Waals surface area contributed by atoms with E-state index in [-0.39, 0.29) is 5.91 Å². The van der Waals surface area contributed by atoms with Crippen LogP contribution in [0.5, 0.6) is 0 Å². The summed E-state index contributed by atoms with van der Waals surface area (Å²) in [5.41, 5.74) is 3.33. The molecule has 2 heterocycles. The van der Waals surface area contributed by atoms with Gasteiger partial charge in [0.2, 0.25) is 0 Å². The van der Waals surface area contributed by atoms with Crippen molar-refractivity contribution in [2.45, 2.75) is 39.7 Å². The van der Waals surface area contributed by atoms with Gasteiger partial charge in [-0.25, -0.2) is 4.98 Å². The lowest BCUT2D eigenvalue weighted by Gasteiger charge is -2.32. The molecule has 3 rings (SSSR count). The molecule has 1 saturated heterocycles. The maximum Gasteiger partial charge on any atom is 0.274 e. The maximum atomic E-state index is 12.4. The van der Waals surface area contributed by atoms with Gasteiger partial charge in [-0.15, -0.1) is 0 Å². The first-order chi connectivity index (χ1) is 12.5. The Labute approximate surface area is 155 Å². The summed E-state index contributed by atoms with van der Waals surface area (Å²) in [4.78, 5) is 19.0. The summed E-state index contributed by atoms with van der Waals surface area (Å²) in [6.07, 6.45) is 4.17. The maximum absolute atomic E-state index is 12.4. The van der Waals surface area contributed by atoms with E-state index in [4.69, 9.17) is 0 Å². The van der Waals surface area contributed by atoms with Crippen LogP contribution >= 0.6 is 0 Å². The quantitative estimate of drug-likeness (QED) is 0.838. The molecule has 0 saturated carbocycles. The second-order valence-electron chi connectivity index (χ2n) is 7.40. The summed E-state index contributed by atoms with van der Waals surface area (Å²) in [7, 11) is 0. The number of nitrogens with one attached hydrogen (secondary N) is 2. The number of carbonyl (C=O) groups excluding carboxylic acids is 1. The number of aromatic nitrogens is 1. The molecule has 0 radical (unpaired) electrons. The number of anilines is 3. The van der Waals surface area contributed by atoms with Crippen LogP contribution in [-0.4, -0.2) is 30.0 Å². The molecule has 5 heteroatoms. The van der Waals surface area contributed by atoms with Crippen molar-refractivity contribution in [1.82, 2.24) is 4.98 Å². The molecule has 0 bridgehead atoms. The van der Waals surface area contributed by atoms with E-state index in [0.29, 0.717) is 11.7 Å². The van der Waals surface area contributed by atoms with Crippen LogP contribution in [0.4, 0.5) is 17.1 Å². The summed E-state index contributed by atoms with van der Waals surface area (Å²) in [5.74, 6) is 0.625. The zero-order valence-electron chi connectivity index (χ0n) is 15.8. The predicted molar refractivity (Wildman–Crippen MR) is 108 cm³/mol. The number of amides is 1. The molecule has 1 aliphatic rings. The first-order valence-corrected chi connectivity index (χ1v) is 9.40. The van der Waals surface area contributed by atoms with Gasteiger partial charge in [0, 0.05) is 30.5 Å². The Morgan fingerprint density at radius 2 is 1.73 bits per heavy atom. The van der Waals surface area contributed by atoms with Crippen molar-refractivity contribution in [2.24, 2.45) is 5.92 Å². The second kappa shape index (κ2) is 8.21. The Kier molecular flexibility index (Phi) is 5.76. The molecule has 2 aromatic rings. The average molecular weight is 352 g/mol. The standard InChI is InChI=1S/C21H28N4O/c1-15(2)23-18-6-9-20(22-14-18)21(26)24-17-4-7-19(8-5-17)25-12-10-16(3)11-13-25/h4-9,14-16,23H,10-13H2,1-3H3,(H,24,26). The number of hydrogen-bond donors (Lipinski definition) is 2. The number of carbonyl (C=O) groups is 1. The lowest BCUT2D eigenvalue weighted by molar-refractivity contribution is 0.102. The van der Waals surface area contributed by atoms with Crippen LogP contribution in [0.2, 0.25) is 0 Å². The third kappa shape index (κ3) is 4.75. The number of benzene rings is 1. The molecule has 1 amide bonds.